The number of likely N-dealkylation sites (N-methyl/N-ethyl adjacent to an activating group) is 1. The summed E-state index contributed by atoms with van der Waals surface area (Å²) in [5.74, 6) is 0. The van der Waals surface area contributed by atoms with Crippen LogP contribution in [0.15, 0.2) is 24.3 Å². The second-order valence-corrected chi connectivity index (χ2v) is 5.92. The molecule has 104 valence electrons. The van der Waals surface area contributed by atoms with Crippen molar-refractivity contribution in [2.45, 2.75) is 32.7 Å². The van der Waals surface area contributed by atoms with Crippen LogP contribution in [0, 0.1) is 6.92 Å². The molecule has 2 rings (SSSR count). The Morgan fingerprint density at radius 1 is 1.26 bits per heavy atom. The number of H-pyrrole nitrogens is 1. The third kappa shape index (κ3) is 2.82. The topological polar surface area (TPSA) is 39.3 Å². The van der Waals surface area contributed by atoms with Crippen LogP contribution in [-0.4, -0.2) is 40.7 Å². The summed E-state index contributed by atoms with van der Waals surface area (Å²) in [4.78, 5) is 5.65. The Balaban J connectivity index is 2.16. The number of hydrogen-bond acceptors (Lipinski definition) is 2. The Labute approximate surface area is 115 Å². The first-order chi connectivity index (χ1) is 8.95. The molecule has 2 N–H and O–H groups in total. The molecule has 0 atom stereocenters. The van der Waals surface area contributed by atoms with Crippen molar-refractivity contribution in [1.82, 2.24) is 9.88 Å². The molecule has 2 aromatic rings. The zero-order valence-electron chi connectivity index (χ0n) is 12.3. The van der Waals surface area contributed by atoms with E-state index in [9.17, 15) is 5.11 Å². The maximum Gasteiger partial charge on any atom is 0.0609 e. The molecule has 0 saturated heterocycles. The van der Waals surface area contributed by atoms with Crippen LogP contribution >= 0.6 is 0 Å². The smallest absolute Gasteiger partial charge is 0.0609 e. The number of rotatable bonds is 5. The number of para-hydroxylation sites is 1. The van der Waals surface area contributed by atoms with Crippen LogP contribution in [0.25, 0.3) is 10.9 Å². The molecule has 0 bridgehead atoms. The molecule has 3 heteroatoms. The highest BCUT2D eigenvalue weighted by Gasteiger charge is 2.22. The van der Waals surface area contributed by atoms with Gasteiger partial charge in [-0.15, -0.1) is 0 Å². The molecule has 0 fully saturated rings. The molecule has 1 heterocycles. The van der Waals surface area contributed by atoms with Gasteiger partial charge in [-0.25, -0.2) is 0 Å². The van der Waals surface area contributed by atoms with Gasteiger partial charge in [0, 0.05) is 28.7 Å². The normalized spacial score (nSPS) is 12.5. The van der Waals surface area contributed by atoms with Gasteiger partial charge in [0.1, 0.15) is 0 Å². The van der Waals surface area contributed by atoms with Gasteiger partial charge < -0.3 is 10.1 Å². The summed E-state index contributed by atoms with van der Waals surface area (Å²) in [7, 11) is 2.07. The quantitative estimate of drug-likeness (QED) is 0.867. The Kier molecular flexibility index (Phi) is 3.97. The average Bonchev–Trinajstić information content (AvgIpc) is 2.71. The summed E-state index contributed by atoms with van der Waals surface area (Å²) in [6, 6.07) is 8.43. The van der Waals surface area contributed by atoms with Crippen molar-refractivity contribution in [3.63, 3.8) is 0 Å². The number of fused-ring (bicyclic) bond motifs is 1. The van der Waals surface area contributed by atoms with Gasteiger partial charge in [-0.2, -0.15) is 0 Å². The SMILES string of the molecule is Cc1[nH]c2ccccc2c1CCN(C)C(C)(C)CO. The fourth-order valence-electron chi connectivity index (χ4n) is 2.36. The molecule has 1 aromatic carbocycles. The van der Waals surface area contributed by atoms with Gasteiger partial charge in [0.25, 0.3) is 0 Å². The zero-order chi connectivity index (χ0) is 14.0. The van der Waals surface area contributed by atoms with Crippen LogP contribution in [0.4, 0.5) is 0 Å². The molecular weight excluding hydrogens is 236 g/mol. The van der Waals surface area contributed by atoms with E-state index in [1.54, 1.807) is 0 Å². The standard InChI is InChI=1S/C16H24N2O/c1-12-13(9-10-18(4)16(2,3)11-19)14-7-5-6-8-15(14)17-12/h5-8,17,19H,9-11H2,1-4H3. The lowest BCUT2D eigenvalue weighted by Gasteiger charge is -2.33. The first-order valence-corrected chi connectivity index (χ1v) is 6.84. The lowest BCUT2D eigenvalue weighted by molar-refractivity contribution is 0.0801. The molecular formula is C16H24N2O. The molecule has 19 heavy (non-hydrogen) atoms. The van der Waals surface area contributed by atoms with E-state index in [4.69, 9.17) is 0 Å². The number of aromatic amines is 1. The fraction of sp³-hybridized carbons (Fsp3) is 0.500. The minimum absolute atomic E-state index is 0.167. The number of benzene rings is 1. The van der Waals surface area contributed by atoms with Crippen molar-refractivity contribution in [3.8, 4) is 0 Å². The number of aliphatic hydroxyl groups excluding tert-OH is 1. The van der Waals surface area contributed by atoms with Crippen LogP contribution in [-0.2, 0) is 6.42 Å². The number of nitrogens with one attached hydrogen (secondary N) is 1. The maximum atomic E-state index is 9.40. The first-order valence-electron chi connectivity index (χ1n) is 6.84. The molecule has 3 nitrogen and oxygen atoms in total. The monoisotopic (exact) mass is 260 g/mol. The van der Waals surface area contributed by atoms with Crippen LogP contribution < -0.4 is 0 Å². The van der Waals surface area contributed by atoms with E-state index in [1.165, 1.54) is 22.2 Å². The third-order valence-electron chi connectivity index (χ3n) is 4.14. The second-order valence-electron chi connectivity index (χ2n) is 5.92. The minimum Gasteiger partial charge on any atom is -0.394 e. The molecule has 0 aliphatic heterocycles. The van der Waals surface area contributed by atoms with Gasteiger partial charge in [0.05, 0.1) is 6.61 Å². The van der Waals surface area contributed by atoms with Crippen molar-refractivity contribution in [2.24, 2.45) is 0 Å². The Morgan fingerprint density at radius 3 is 2.63 bits per heavy atom. The van der Waals surface area contributed by atoms with Crippen LogP contribution in [0.2, 0.25) is 0 Å². The highest BCUT2D eigenvalue weighted by atomic mass is 16.3. The molecule has 0 amide bonds. The van der Waals surface area contributed by atoms with E-state index in [2.05, 4.69) is 62.0 Å². The first kappa shape index (κ1) is 14.1. The number of aryl methyl sites for hydroxylation is 1. The molecule has 0 radical (unpaired) electrons. The summed E-state index contributed by atoms with van der Waals surface area (Å²) < 4.78 is 0. The minimum atomic E-state index is -0.167. The van der Waals surface area contributed by atoms with Gasteiger partial charge in [-0.1, -0.05) is 18.2 Å². The van der Waals surface area contributed by atoms with Gasteiger partial charge in [0.2, 0.25) is 0 Å². The van der Waals surface area contributed by atoms with Crippen molar-refractivity contribution in [1.29, 1.82) is 0 Å². The number of hydrogen-bond donors (Lipinski definition) is 2. The van der Waals surface area contributed by atoms with E-state index in [1.807, 2.05) is 0 Å². The maximum absolute atomic E-state index is 9.40. The Bertz CT molecular complexity index is 557. The summed E-state index contributed by atoms with van der Waals surface area (Å²) >= 11 is 0. The predicted molar refractivity (Wildman–Crippen MR) is 80.5 cm³/mol. The van der Waals surface area contributed by atoms with E-state index in [0.717, 1.165) is 13.0 Å². The summed E-state index contributed by atoms with van der Waals surface area (Å²) in [6.07, 6.45) is 0.996. The highest BCUT2D eigenvalue weighted by Crippen LogP contribution is 2.23. The van der Waals surface area contributed by atoms with E-state index < -0.39 is 0 Å². The fourth-order valence-corrected chi connectivity index (χ4v) is 2.36. The second kappa shape index (κ2) is 5.35. The summed E-state index contributed by atoms with van der Waals surface area (Å²) in [6.45, 7) is 7.38. The third-order valence-corrected chi connectivity index (χ3v) is 4.14. The Hall–Kier alpha value is -1.32. The van der Waals surface area contributed by atoms with Crippen LogP contribution in [0.5, 0.6) is 0 Å². The van der Waals surface area contributed by atoms with E-state index in [0.29, 0.717) is 0 Å². The van der Waals surface area contributed by atoms with Gasteiger partial charge in [-0.3, -0.25) is 4.90 Å². The van der Waals surface area contributed by atoms with Gasteiger partial charge >= 0.3 is 0 Å². The largest absolute Gasteiger partial charge is 0.394 e. The molecule has 0 unspecified atom stereocenters. The molecule has 0 aliphatic carbocycles. The van der Waals surface area contributed by atoms with E-state index in [-0.39, 0.29) is 12.1 Å². The van der Waals surface area contributed by atoms with E-state index >= 15 is 0 Å². The van der Waals surface area contributed by atoms with Gasteiger partial charge in [0.15, 0.2) is 0 Å². The van der Waals surface area contributed by atoms with Crippen molar-refractivity contribution in [2.75, 3.05) is 20.2 Å². The van der Waals surface area contributed by atoms with Crippen molar-refractivity contribution < 1.29 is 5.11 Å². The predicted octanol–water partition coefficient (Wildman–Crippen LogP) is 2.72. The molecule has 0 aliphatic rings. The van der Waals surface area contributed by atoms with Crippen LogP contribution in [0.1, 0.15) is 25.1 Å². The highest BCUT2D eigenvalue weighted by molar-refractivity contribution is 5.84. The molecule has 1 aromatic heterocycles. The lowest BCUT2D eigenvalue weighted by Crippen LogP contribution is -2.45. The molecule has 0 spiro atoms. The van der Waals surface area contributed by atoms with Crippen molar-refractivity contribution >= 4 is 10.9 Å². The number of aliphatic hydroxyl groups is 1. The van der Waals surface area contributed by atoms with Crippen LogP contribution in [0.3, 0.4) is 0 Å². The molecule has 0 saturated carbocycles. The average molecular weight is 260 g/mol. The van der Waals surface area contributed by atoms with Crippen molar-refractivity contribution in [3.05, 3.63) is 35.5 Å². The Morgan fingerprint density at radius 2 is 1.95 bits per heavy atom. The lowest BCUT2D eigenvalue weighted by atomic mass is 10.0. The summed E-state index contributed by atoms with van der Waals surface area (Å²) in [5.41, 5.74) is 3.67. The van der Waals surface area contributed by atoms with Gasteiger partial charge in [-0.05, 0) is 45.9 Å². The zero-order valence-corrected chi connectivity index (χ0v) is 12.3. The number of nitrogens with zero attached hydrogens (tertiary/aromatic N) is 1. The summed E-state index contributed by atoms with van der Waals surface area (Å²) in [5, 5.41) is 10.7. The number of aromatic nitrogens is 1.